The molecule has 2 heterocycles. The molecule has 0 saturated heterocycles. The number of hydrogen-bond acceptors (Lipinski definition) is 5. The summed E-state index contributed by atoms with van der Waals surface area (Å²) in [6.07, 6.45) is 4.28. The minimum Gasteiger partial charge on any atom is -0.350 e. The summed E-state index contributed by atoms with van der Waals surface area (Å²) in [6.45, 7) is 0.889. The molecule has 2 aromatic rings. The number of hydrogen-bond donors (Lipinski definition) is 2. The van der Waals surface area contributed by atoms with E-state index in [2.05, 4.69) is 20.6 Å². The molecule has 2 N–H and O–H groups in total. The number of carbonyl (C=O) groups is 2. The number of aromatic nitrogens is 2. The van der Waals surface area contributed by atoms with Crippen LogP contribution in [-0.4, -0.2) is 33.3 Å². The molecule has 6 nitrogen and oxygen atoms in total. The zero-order chi connectivity index (χ0) is 17.7. The number of nitrogens with zero attached hydrogens (tertiary/aromatic N) is 2. The third-order valence-electron chi connectivity index (χ3n) is 3.33. The van der Waals surface area contributed by atoms with Crippen LogP contribution in [0.1, 0.15) is 24.2 Å². The van der Waals surface area contributed by atoms with Gasteiger partial charge < -0.3 is 10.6 Å². The Labute approximate surface area is 151 Å². The van der Waals surface area contributed by atoms with Crippen LogP contribution in [0.5, 0.6) is 0 Å². The summed E-state index contributed by atoms with van der Waals surface area (Å²) in [4.78, 5) is 31.8. The first-order valence-corrected chi connectivity index (χ1v) is 9.30. The van der Waals surface area contributed by atoms with Gasteiger partial charge in [0.15, 0.2) is 0 Å². The lowest BCUT2D eigenvalue weighted by Gasteiger charge is -2.06. The molecular weight excluding hydrogens is 336 g/mol. The van der Waals surface area contributed by atoms with E-state index < -0.39 is 0 Å². The monoisotopic (exact) mass is 358 g/mol. The fraction of sp³-hybridized carbons (Fsp3) is 0.333. The number of amides is 2. The van der Waals surface area contributed by atoms with Crippen molar-refractivity contribution in [3.8, 4) is 0 Å². The zero-order valence-corrected chi connectivity index (χ0v) is 14.8. The van der Waals surface area contributed by atoms with E-state index in [-0.39, 0.29) is 11.8 Å². The van der Waals surface area contributed by atoms with Crippen LogP contribution >= 0.6 is 11.8 Å². The van der Waals surface area contributed by atoms with Gasteiger partial charge in [-0.1, -0.05) is 12.1 Å². The van der Waals surface area contributed by atoms with Crippen molar-refractivity contribution in [2.24, 2.45) is 0 Å². The maximum atomic E-state index is 11.7. The van der Waals surface area contributed by atoms with Crippen molar-refractivity contribution in [2.75, 3.05) is 11.5 Å². The molecule has 0 aliphatic carbocycles. The third kappa shape index (κ3) is 8.30. The molecule has 0 aliphatic heterocycles. The van der Waals surface area contributed by atoms with E-state index in [0.717, 1.165) is 11.4 Å². The van der Waals surface area contributed by atoms with E-state index in [9.17, 15) is 9.59 Å². The second-order valence-corrected chi connectivity index (χ2v) is 6.53. The predicted octanol–water partition coefficient (Wildman–Crippen LogP) is 1.92. The fourth-order valence-electron chi connectivity index (χ4n) is 1.99. The van der Waals surface area contributed by atoms with Gasteiger partial charge in [-0.3, -0.25) is 19.6 Å². The minimum absolute atomic E-state index is 0.00208. The average Bonchev–Trinajstić information content (AvgIpc) is 2.66. The Morgan fingerprint density at radius 2 is 1.28 bits per heavy atom. The number of pyridine rings is 2. The van der Waals surface area contributed by atoms with Crippen LogP contribution in [0.2, 0.25) is 0 Å². The number of nitrogens with one attached hydrogen (secondary N) is 2. The van der Waals surface area contributed by atoms with Gasteiger partial charge >= 0.3 is 0 Å². The van der Waals surface area contributed by atoms with Crippen LogP contribution in [0.4, 0.5) is 0 Å². The lowest BCUT2D eigenvalue weighted by Crippen LogP contribution is -2.24. The summed E-state index contributed by atoms with van der Waals surface area (Å²) < 4.78 is 0. The summed E-state index contributed by atoms with van der Waals surface area (Å²) in [5.74, 6) is 1.39. The Balaban J connectivity index is 1.48. The highest BCUT2D eigenvalue weighted by Gasteiger charge is 2.04. The van der Waals surface area contributed by atoms with Crippen molar-refractivity contribution < 1.29 is 9.59 Å². The molecule has 2 rings (SSSR count). The summed E-state index contributed by atoms with van der Waals surface area (Å²) in [7, 11) is 0. The highest BCUT2D eigenvalue weighted by molar-refractivity contribution is 7.99. The van der Waals surface area contributed by atoms with Crippen molar-refractivity contribution in [2.45, 2.75) is 25.9 Å². The Morgan fingerprint density at radius 1 is 0.800 bits per heavy atom. The molecule has 0 bridgehead atoms. The van der Waals surface area contributed by atoms with Crippen molar-refractivity contribution in [3.05, 3.63) is 60.2 Å². The highest BCUT2D eigenvalue weighted by Crippen LogP contribution is 2.05. The Morgan fingerprint density at radius 3 is 1.68 bits per heavy atom. The second kappa shape index (κ2) is 11.2. The molecule has 0 radical (unpaired) electrons. The molecule has 2 aromatic heterocycles. The smallest absolute Gasteiger partial charge is 0.221 e. The summed E-state index contributed by atoms with van der Waals surface area (Å²) in [6, 6.07) is 11.2. The van der Waals surface area contributed by atoms with Gasteiger partial charge in [-0.25, -0.2) is 0 Å². The van der Waals surface area contributed by atoms with Crippen molar-refractivity contribution >= 4 is 23.6 Å². The van der Waals surface area contributed by atoms with E-state index in [1.165, 1.54) is 0 Å². The Hall–Kier alpha value is -2.41. The van der Waals surface area contributed by atoms with E-state index in [1.807, 2.05) is 36.4 Å². The molecule has 0 saturated carbocycles. The maximum Gasteiger partial charge on any atom is 0.221 e. The first-order chi connectivity index (χ1) is 12.2. The number of carbonyl (C=O) groups excluding carboxylic acids is 2. The van der Waals surface area contributed by atoms with Crippen molar-refractivity contribution in [1.29, 1.82) is 0 Å². The minimum atomic E-state index is -0.00208. The predicted molar refractivity (Wildman–Crippen MR) is 98.7 cm³/mol. The molecule has 7 heteroatoms. The molecule has 2 amide bonds. The van der Waals surface area contributed by atoms with Gasteiger partial charge in [0.1, 0.15) is 0 Å². The SMILES string of the molecule is O=C(CCSCCC(=O)NCc1ccccn1)NCc1ccccn1. The lowest BCUT2D eigenvalue weighted by molar-refractivity contribution is -0.121. The van der Waals surface area contributed by atoms with Gasteiger partial charge in [-0.15, -0.1) is 0 Å². The summed E-state index contributed by atoms with van der Waals surface area (Å²) in [5, 5.41) is 5.67. The van der Waals surface area contributed by atoms with Crippen LogP contribution in [0.3, 0.4) is 0 Å². The Kier molecular flexibility index (Phi) is 8.48. The molecule has 0 unspecified atom stereocenters. The van der Waals surface area contributed by atoms with Crippen LogP contribution < -0.4 is 10.6 Å². The number of rotatable bonds is 10. The molecular formula is C18H22N4O2S. The van der Waals surface area contributed by atoms with Gasteiger partial charge in [0.05, 0.1) is 24.5 Å². The van der Waals surface area contributed by atoms with E-state index in [4.69, 9.17) is 0 Å². The molecule has 25 heavy (non-hydrogen) atoms. The highest BCUT2D eigenvalue weighted by atomic mass is 32.2. The molecule has 0 aliphatic rings. The van der Waals surface area contributed by atoms with Gasteiger partial charge in [-0.05, 0) is 24.3 Å². The quantitative estimate of drug-likeness (QED) is 0.634. The molecule has 132 valence electrons. The number of thioether (sulfide) groups is 1. The first-order valence-electron chi connectivity index (χ1n) is 8.15. The van der Waals surface area contributed by atoms with E-state index in [1.54, 1.807) is 24.2 Å². The third-order valence-corrected chi connectivity index (χ3v) is 4.32. The van der Waals surface area contributed by atoms with Crippen molar-refractivity contribution in [1.82, 2.24) is 20.6 Å². The van der Waals surface area contributed by atoms with Crippen LogP contribution in [-0.2, 0) is 22.7 Å². The molecule has 0 spiro atoms. The van der Waals surface area contributed by atoms with Gasteiger partial charge in [0.2, 0.25) is 11.8 Å². The van der Waals surface area contributed by atoms with Gasteiger partial charge in [-0.2, -0.15) is 11.8 Å². The maximum absolute atomic E-state index is 11.7. The topological polar surface area (TPSA) is 84.0 Å². The lowest BCUT2D eigenvalue weighted by atomic mass is 10.3. The molecule has 0 fully saturated rings. The first kappa shape index (κ1) is 18.9. The largest absolute Gasteiger partial charge is 0.350 e. The fourth-order valence-corrected chi connectivity index (χ4v) is 2.86. The second-order valence-electron chi connectivity index (χ2n) is 5.31. The summed E-state index contributed by atoms with van der Waals surface area (Å²) >= 11 is 1.60. The van der Waals surface area contributed by atoms with Crippen LogP contribution in [0, 0.1) is 0 Å². The van der Waals surface area contributed by atoms with Crippen molar-refractivity contribution in [3.63, 3.8) is 0 Å². The van der Waals surface area contributed by atoms with E-state index in [0.29, 0.717) is 37.4 Å². The van der Waals surface area contributed by atoms with E-state index >= 15 is 0 Å². The van der Waals surface area contributed by atoms with Crippen LogP contribution in [0.25, 0.3) is 0 Å². The van der Waals surface area contributed by atoms with Gasteiger partial charge in [0, 0.05) is 36.7 Å². The summed E-state index contributed by atoms with van der Waals surface area (Å²) in [5.41, 5.74) is 1.68. The average molecular weight is 358 g/mol. The van der Waals surface area contributed by atoms with Crippen LogP contribution in [0.15, 0.2) is 48.8 Å². The zero-order valence-electron chi connectivity index (χ0n) is 14.0. The standard InChI is InChI=1S/C18H22N4O2S/c23-17(21-13-15-5-1-3-9-19-15)7-11-25-12-8-18(24)22-14-16-6-2-4-10-20-16/h1-6,9-10H,7-8,11-14H2,(H,21,23)(H,22,24). The van der Waals surface area contributed by atoms with Gasteiger partial charge in [0.25, 0.3) is 0 Å². The molecule has 0 aromatic carbocycles. The normalized spacial score (nSPS) is 10.2. The molecule has 0 atom stereocenters. The Bertz CT molecular complexity index is 595.